The van der Waals surface area contributed by atoms with E-state index in [-0.39, 0.29) is 0 Å². The minimum Gasteiger partial charge on any atom is -0.445 e. The van der Waals surface area contributed by atoms with Crippen LogP contribution in [0.3, 0.4) is 0 Å². The summed E-state index contributed by atoms with van der Waals surface area (Å²) in [6.07, 6.45) is 3.36. The van der Waals surface area contributed by atoms with Crippen LogP contribution >= 0.6 is 0 Å². The third-order valence-corrected chi connectivity index (χ3v) is 0.966. The Kier molecular flexibility index (Phi) is 1.65. The van der Waals surface area contributed by atoms with E-state index in [2.05, 4.69) is 11.6 Å². The summed E-state index contributed by atoms with van der Waals surface area (Å²) >= 11 is 0. The van der Waals surface area contributed by atoms with E-state index >= 15 is 0 Å². The van der Waals surface area contributed by atoms with Gasteiger partial charge in [-0.1, -0.05) is 6.08 Å². The molecule has 1 heterocycles. The highest BCUT2D eigenvalue weighted by molar-refractivity contribution is 5.00. The smallest absolute Gasteiger partial charge is 0.181 e. The molecule has 0 bridgehead atoms. The number of aromatic nitrogens is 1. The molecule has 3 heteroatoms. The molecule has 1 unspecified atom stereocenters. The van der Waals surface area contributed by atoms with Crippen molar-refractivity contribution in [1.82, 2.24) is 4.98 Å². The van der Waals surface area contributed by atoms with Crippen molar-refractivity contribution >= 4 is 0 Å². The van der Waals surface area contributed by atoms with Crippen LogP contribution in [-0.2, 0) is 0 Å². The Morgan fingerprint density at radius 2 is 2.67 bits per heavy atom. The van der Waals surface area contributed by atoms with Gasteiger partial charge >= 0.3 is 0 Å². The second-order valence-corrected chi connectivity index (χ2v) is 1.58. The Labute approximate surface area is 52.6 Å². The predicted molar refractivity (Wildman–Crippen MR) is 31.7 cm³/mol. The summed E-state index contributed by atoms with van der Waals surface area (Å²) in [4.78, 5) is 3.62. The van der Waals surface area contributed by atoms with Gasteiger partial charge in [0.1, 0.15) is 6.10 Å². The lowest BCUT2D eigenvalue weighted by Gasteiger charge is -1.95. The number of aliphatic hydroxyl groups excluding tert-OH is 1. The van der Waals surface area contributed by atoms with Crippen LogP contribution in [0.4, 0.5) is 0 Å². The maximum Gasteiger partial charge on any atom is 0.181 e. The molecule has 1 aromatic heterocycles. The van der Waals surface area contributed by atoms with Gasteiger partial charge in [0, 0.05) is 0 Å². The summed E-state index contributed by atoms with van der Waals surface area (Å²) in [6.45, 7) is 3.38. The molecular formula is C6H7NO2. The molecule has 1 aromatic rings. The molecular weight excluding hydrogens is 118 g/mol. The number of nitrogens with zero attached hydrogens (tertiary/aromatic N) is 1. The molecule has 9 heavy (non-hydrogen) atoms. The largest absolute Gasteiger partial charge is 0.445 e. The topological polar surface area (TPSA) is 46.3 Å². The van der Waals surface area contributed by atoms with E-state index in [9.17, 15) is 0 Å². The van der Waals surface area contributed by atoms with Crippen molar-refractivity contribution in [3.05, 3.63) is 31.0 Å². The number of hydrogen-bond acceptors (Lipinski definition) is 3. The Hall–Kier alpha value is -1.09. The molecule has 0 aliphatic rings. The SMILES string of the molecule is C=CC(O)c1cnco1. The van der Waals surface area contributed by atoms with Crippen molar-refractivity contribution in [2.75, 3.05) is 0 Å². The molecule has 1 rings (SSSR count). The second kappa shape index (κ2) is 2.46. The van der Waals surface area contributed by atoms with Crippen LogP contribution in [-0.4, -0.2) is 10.1 Å². The van der Waals surface area contributed by atoms with Gasteiger partial charge in [-0.05, 0) is 0 Å². The van der Waals surface area contributed by atoms with Crippen LogP contribution in [0, 0.1) is 0 Å². The molecule has 0 aliphatic heterocycles. The van der Waals surface area contributed by atoms with Crippen molar-refractivity contribution in [2.24, 2.45) is 0 Å². The average molecular weight is 125 g/mol. The first kappa shape index (κ1) is 6.04. The fraction of sp³-hybridized carbons (Fsp3) is 0.167. The second-order valence-electron chi connectivity index (χ2n) is 1.58. The van der Waals surface area contributed by atoms with Gasteiger partial charge < -0.3 is 9.52 Å². The molecule has 0 aromatic carbocycles. The van der Waals surface area contributed by atoms with Gasteiger partial charge in [0.05, 0.1) is 6.20 Å². The number of rotatable bonds is 2. The summed E-state index contributed by atoms with van der Waals surface area (Å²) in [5.74, 6) is 0.421. The number of aliphatic hydroxyl groups is 1. The Bertz CT molecular complexity index is 181. The van der Waals surface area contributed by atoms with Crippen molar-refractivity contribution in [3.8, 4) is 0 Å². The fourth-order valence-corrected chi connectivity index (χ4v) is 0.488. The van der Waals surface area contributed by atoms with Gasteiger partial charge in [0.2, 0.25) is 0 Å². The maximum absolute atomic E-state index is 8.97. The number of hydrogen-bond donors (Lipinski definition) is 1. The van der Waals surface area contributed by atoms with Gasteiger partial charge in [0.15, 0.2) is 12.2 Å². The van der Waals surface area contributed by atoms with Crippen LogP contribution in [0.25, 0.3) is 0 Å². The van der Waals surface area contributed by atoms with Crippen molar-refractivity contribution in [1.29, 1.82) is 0 Å². The van der Waals surface area contributed by atoms with E-state index in [1.54, 1.807) is 0 Å². The summed E-state index contributed by atoms with van der Waals surface area (Å²) in [5, 5.41) is 8.97. The monoisotopic (exact) mass is 125 g/mol. The average Bonchev–Trinajstić information content (AvgIpc) is 2.37. The zero-order valence-corrected chi connectivity index (χ0v) is 4.82. The highest BCUT2D eigenvalue weighted by Crippen LogP contribution is 2.10. The summed E-state index contributed by atoms with van der Waals surface area (Å²) in [5.41, 5.74) is 0. The molecule has 0 saturated carbocycles. The van der Waals surface area contributed by atoms with E-state index in [4.69, 9.17) is 9.52 Å². The molecule has 1 atom stereocenters. The van der Waals surface area contributed by atoms with Crippen LogP contribution in [0.2, 0.25) is 0 Å². The lowest BCUT2D eigenvalue weighted by Crippen LogP contribution is -1.87. The summed E-state index contributed by atoms with van der Waals surface area (Å²) < 4.78 is 4.75. The van der Waals surface area contributed by atoms with Gasteiger partial charge in [-0.2, -0.15) is 0 Å². The third kappa shape index (κ3) is 1.17. The maximum atomic E-state index is 8.97. The minimum atomic E-state index is -0.729. The van der Waals surface area contributed by atoms with E-state index in [0.29, 0.717) is 5.76 Å². The van der Waals surface area contributed by atoms with E-state index in [1.807, 2.05) is 0 Å². The zero-order valence-electron chi connectivity index (χ0n) is 4.82. The van der Waals surface area contributed by atoms with Crippen LogP contribution < -0.4 is 0 Å². The Balaban J connectivity index is 2.76. The lowest BCUT2D eigenvalue weighted by atomic mass is 10.3. The Morgan fingerprint density at radius 1 is 1.89 bits per heavy atom. The molecule has 0 radical (unpaired) electrons. The molecule has 3 nitrogen and oxygen atoms in total. The molecule has 0 amide bonds. The highest BCUT2D eigenvalue weighted by Gasteiger charge is 2.03. The predicted octanol–water partition coefficient (Wildman–Crippen LogP) is 0.894. The van der Waals surface area contributed by atoms with Gasteiger partial charge in [-0.25, -0.2) is 4.98 Å². The van der Waals surface area contributed by atoms with Gasteiger partial charge in [-0.3, -0.25) is 0 Å². The third-order valence-electron chi connectivity index (χ3n) is 0.966. The minimum absolute atomic E-state index is 0.421. The molecule has 0 fully saturated rings. The van der Waals surface area contributed by atoms with E-state index in [1.165, 1.54) is 18.7 Å². The van der Waals surface area contributed by atoms with Gasteiger partial charge in [0.25, 0.3) is 0 Å². The molecule has 1 N–H and O–H groups in total. The first-order valence-electron chi connectivity index (χ1n) is 2.53. The van der Waals surface area contributed by atoms with Crippen molar-refractivity contribution in [3.63, 3.8) is 0 Å². The molecule has 0 aliphatic carbocycles. The zero-order chi connectivity index (χ0) is 6.69. The van der Waals surface area contributed by atoms with E-state index < -0.39 is 6.10 Å². The molecule has 0 spiro atoms. The normalized spacial score (nSPS) is 13.0. The first-order valence-corrected chi connectivity index (χ1v) is 2.53. The van der Waals surface area contributed by atoms with Gasteiger partial charge in [-0.15, -0.1) is 6.58 Å². The first-order chi connectivity index (χ1) is 4.34. The summed E-state index contributed by atoms with van der Waals surface area (Å²) in [6, 6.07) is 0. The van der Waals surface area contributed by atoms with Crippen LogP contribution in [0.5, 0.6) is 0 Å². The van der Waals surface area contributed by atoms with Crippen LogP contribution in [0.1, 0.15) is 11.9 Å². The Morgan fingerprint density at radius 3 is 3.11 bits per heavy atom. The van der Waals surface area contributed by atoms with Crippen LogP contribution in [0.15, 0.2) is 29.7 Å². The standard InChI is InChI=1S/C6H7NO2/c1-2-5(8)6-3-7-4-9-6/h2-5,8H,1H2. The summed E-state index contributed by atoms with van der Waals surface area (Å²) in [7, 11) is 0. The highest BCUT2D eigenvalue weighted by atomic mass is 16.4. The quantitative estimate of drug-likeness (QED) is 0.597. The lowest BCUT2D eigenvalue weighted by molar-refractivity contribution is 0.197. The number of oxazole rings is 1. The van der Waals surface area contributed by atoms with Crippen molar-refractivity contribution < 1.29 is 9.52 Å². The molecule has 48 valence electrons. The molecule has 0 saturated heterocycles. The van der Waals surface area contributed by atoms with Crippen molar-refractivity contribution in [2.45, 2.75) is 6.10 Å². The fourth-order valence-electron chi connectivity index (χ4n) is 0.488. The van der Waals surface area contributed by atoms with E-state index in [0.717, 1.165) is 0 Å².